The molecule has 0 radical (unpaired) electrons. The van der Waals surface area contributed by atoms with Gasteiger partial charge >= 0.3 is 0 Å². The van der Waals surface area contributed by atoms with Crippen LogP contribution in [0.4, 0.5) is 0 Å². The molecule has 0 bridgehead atoms. The highest BCUT2D eigenvalue weighted by molar-refractivity contribution is 5.76. The largest absolute Gasteiger partial charge is 0.465 e. The SMILES string of the molecule is C1=CCCC(C2=COC=C(C(CC3CCCC3)c3cc4cccnc4[nH]3)O2)=C1. The Morgan fingerprint density at radius 2 is 2.14 bits per heavy atom. The second kappa shape index (κ2) is 7.70. The van der Waals surface area contributed by atoms with E-state index in [9.17, 15) is 0 Å². The van der Waals surface area contributed by atoms with Crippen LogP contribution in [0.5, 0.6) is 0 Å². The first-order valence-corrected chi connectivity index (χ1v) is 10.4. The Kier molecular flexibility index (Phi) is 4.78. The number of allylic oxidation sites excluding steroid dienone is 5. The highest BCUT2D eigenvalue weighted by atomic mass is 16.5. The van der Waals surface area contributed by atoms with E-state index in [-0.39, 0.29) is 5.92 Å². The zero-order valence-electron chi connectivity index (χ0n) is 16.1. The van der Waals surface area contributed by atoms with E-state index in [1.54, 1.807) is 12.5 Å². The molecule has 28 heavy (non-hydrogen) atoms. The maximum Gasteiger partial charge on any atom is 0.165 e. The van der Waals surface area contributed by atoms with Gasteiger partial charge in [-0.25, -0.2) is 4.98 Å². The number of rotatable bonds is 5. The van der Waals surface area contributed by atoms with Gasteiger partial charge in [0.25, 0.3) is 0 Å². The first-order valence-electron chi connectivity index (χ1n) is 10.4. The average molecular weight is 374 g/mol. The molecule has 1 aliphatic heterocycles. The lowest BCUT2D eigenvalue weighted by molar-refractivity contribution is 0.201. The highest BCUT2D eigenvalue weighted by Gasteiger charge is 2.29. The molecule has 2 aliphatic carbocycles. The Hall–Kier alpha value is -2.75. The van der Waals surface area contributed by atoms with Crippen molar-refractivity contribution < 1.29 is 9.47 Å². The lowest BCUT2D eigenvalue weighted by Gasteiger charge is -2.26. The molecule has 2 aromatic heterocycles. The summed E-state index contributed by atoms with van der Waals surface area (Å²) >= 11 is 0. The van der Waals surface area contributed by atoms with E-state index >= 15 is 0 Å². The normalized spacial score (nSPS) is 20.9. The summed E-state index contributed by atoms with van der Waals surface area (Å²) in [7, 11) is 0. The first-order chi connectivity index (χ1) is 13.9. The molecule has 0 spiro atoms. The van der Waals surface area contributed by atoms with Crippen LogP contribution >= 0.6 is 0 Å². The fraction of sp³-hybridized carbons (Fsp3) is 0.375. The first kappa shape index (κ1) is 17.4. The van der Waals surface area contributed by atoms with Crippen molar-refractivity contribution in [2.45, 2.75) is 50.9 Å². The van der Waals surface area contributed by atoms with Crippen LogP contribution in [0, 0.1) is 5.92 Å². The Labute approximate surface area is 165 Å². The van der Waals surface area contributed by atoms with E-state index < -0.39 is 0 Å². The summed E-state index contributed by atoms with van der Waals surface area (Å²) in [6, 6.07) is 6.30. The van der Waals surface area contributed by atoms with Gasteiger partial charge in [-0.15, -0.1) is 0 Å². The van der Waals surface area contributed by atoms with Crippen LogP contribution in [0.3, 0.4) is 0 Å². The number of ether oxygens (including phenoxy) is 2. The van der Waals surface area contributed by atoms with Gasteiger partial charge in [0.2, 0.25) is 0 Å². The molecule has 1 atom stereocenters. The third-order valence-electron chi connectivity index (χ3n) is 6.09. The van der Waals surface area contributed by atoms with Crippen LogP contribution in [0.2, 0.25) is 0 Å². The van der Waals surface area contributed by atoms with Crippen molar-refractivity contribution in [1.82, 2.24) is 9.97 Å². The maximum atomic E-state index is 6.40. The predicted octanol–water partition coefficient (Wildman–Crippen LogP) is 6.23. The van der Waals surface area contributed by atoms with Crippen molar-refractivity contribution in [3.8, 4) is 0 Å². The molecule has 1 N–H and O–H groups in total. The summed E-state index contributed by atoms with van der Waals surface area (Å²) in [6.45, 7) is 0. The third kappa shape index (κ3) is 3.51. The summed E-state index contributed by atoms with van der Waals surface area (Å²) in [6.07, 6.45) is 20.2. The van der Waals surface area contributed by atoms with Gasteiger partial charge in [0, 0.05) is 17.3 Å². The van der Waals surface area contributed by atoms with Crippen molar-refractivity contribution in [2.24, 2.45) is 5.92 Å². The second-order valence-corrected chi connectivity index (χ2v) is 8.00. The molecule has 2 aromatic rings. The summed E-state index contributed by atoms with van der Waals surface area (Å²) in [5.74, 6) is 2.62. The molecule has 4 nitrogen and oxygen atoms in total. The van der Waals surface area contributed by atoms with E-state index in [1.807, 2.05) is 12.3 Å². The molecule has 1 fully saturated rings. The van der Waals surface area contributed by atoms with Crippen LogP contribution in [0.15, 0.2) is 72.2 Å². The Bertz CT molecular complexity index is 940. The van der Waals surface area contributed by atoms with Gasteiger partial charge in [0.05, 0.1) is 5.92 Å². The molecule has 1 unspecified atom stereocenters. The molecule has 1 saturated carbocycles. The van der Waals surface area contributed by atoms with Gasteiger partial charge in [0.1, 0.15) is 23.9 Å². The van der Waals surface area contributed by atoms with E-state index in [0.717, 1.165) is 53.4 Å². The molecule has 144 valence electrons. The van der Waals surface area contributed by atoms with Gasteiger partial charge in [0.15, 0.2) is 5.76 Å². The van der Waals surface area contributed by atoms with Crippen LogP contribution in [0.1, 0.15) is 56.6 Å². The van der Waals surface area contributed by atoms with Crippen molar-refractivity contribution in [1.29, 1.82) is 0 Å². The Morgan fingerprint density at radius 1 is 1.21 bits per heavy atom. The number of fused-ring (bicyclic) bond motifs is 1. The van der Waals surface area contributed by atoms with Crippen molar-refractivity contribution in [3.63, 3.8) is 0 Å². The fourth-order valence-electron chi connectivity index (χ4n) is 4.58. The molecular formula is C24H26N2O2. The van der Waals surface area contributed by atoms with Crippen LogP contribution < -0.4 is 0 Å². The van der Waals surface area contributed by atoms with E-state index in [2.05, 4.69) is 40.3 Å². The molecule has 0 saturated heterocycles. The minimum atomic E-state index is 0.153. The maximum absolute atomic E-state index is 6.40. The number of H-pyrrole nitrogens is 1. The second-order valence-electron chi connectivity index (χ2n) is 8.00. The monoisotopic (exact) mass is 374 g/mol. The molecule has 0 aromatic carbocycles. The number of hydrogen-bond acceptors (Lipinski definition) is 3. The summed E-state index contributed by atoms with van der Waals surface area (Å²) in [5, 5.41) is 1.14. The Morgan fingerprint density at radius 3 is 2.96 bits per heavy atom. The summed E-state index contributed by atoms with van der Waals surface area (Å²) in [4.78, 5) is 8.00. The van der Waals surface area contributed by atoms with Crippen molar-refractivity contribution >= 4 is 11.0 Å². The predicted molar refractivity (Wildman–Crippen MR) is 110 cm³/mol. The molecule has 3 aliphatic rings. The van der Waals surface area contributed by atoms with Crippen LogP contribution in [-0.4, -0.2) is 9.97 Å². The van der Waals surface area contributed by atoms with Crippen LogP contribution in [-0.2, 0) is 9.47 Å². The van der Waals surface area contributed by atoms with Gasteiger partial charge in [-0.2, -0.15) is 0 Å². The molecule has 5 rings (SSSR count). The summed E-state index contributed by atoms with van der Waals surface area (Å²) < 4.78 is 12.1. The topological polar surface area (TPSA) is 47.1 Å². The molecule has 4 heteroatoms. The van der Waals surface area contributed by atoms with Gasteiger partial charge in [-0.1, -0.05) is 43.9 Å². The minimum Gasteiger partial charge on any atom is -0.465 e. The lowest BCUT2D eigenvalue weighted by Crippen LogP contribution is -2.14. The Balaban J connectivity index is 1.44. The van der Waals surface area contributed by atoms with E-state index in [1.165, 1.54) is 31.3 Å². The van der Waals surface area contributed by atoms with Crippen molar-refractivity contribution in [2.75, 3.05) is 0 Å². The summed E-state index contributed by atoms with van der Waals surface area (Å²) in [5.41, 5.74) is 3.29. The molecule has 0 amide bonds. The standard InChI is InChI=1S/C24H26N2O2/c1-2-9-18(10-3-1)22-15-27-16-23(28-22)20(13-17-7-4-5-8-17)21-14-19-11-6-12-25-24(19)26-21/h1-2,6,9,11-12,14-17,20H,3-5,7-8,10,13H2,(H,25,26). The van der Waals surface area contributed by atoms with Gasteiger partial charge in [-0.05, 0) is 49.0 Å². The average Bonchev–Trinajstić information content (AvgIpc) is 3.42. The molecule has 3 heterocycles. The molecular weight excluding hydrogens is 348 g/mol. The zero-order chi connectivity index (χ0) is 18.8. The van der Waals surface area contributed by atoms with E-state index in [0.29, 0.717) is 0 Å². The van der Waals surface area contributed by atoms with Crippen molar-refractivity contribution in [3.05, 3.63) is 77.9 Å². The zero-order valence-corrected chi connectivity index (χ0v) is 16.1. The number of nitrogens with zero attached hydrogens (tertiary/aromatic N) is 1. The van der Waals surface area contributed by atoms with Gasteiger partial charge < -0.3 is 14.5 Å². The minimum absolute atomic E-state index is 0.153. The lowest BCUT2D eigenvalue weighted by atomic mass is 9.89. The van der Waals surface area contributed by atoms with E-state index in [4.69, 9.17) is 9.47 Å². The number of aromatic nitrogens is 2. The van der Waals surface area contributed by atoms with Gasteiger partial charge in [-0.3, -0.25) is 0 Å². The number of hydrogen-bond donors (Lipinski definition) is 1. The number of aromatic amines is 1. The smallest absolute Gasteiger partial charge is 0.165 e. The quantitative estimate of drug-likeness (QED) is 0.674. The van der Waals surface area contributed by atoms with Crippen LogP contribution in [0.25, 0.3) is 11.0 Å². The highest BCUT2D eigenvalue weighted by Crippen LogP contribution is 2.41. The fourth-order valence-corrected chi connectivity index (χ4v) is 4.58. The number of nitrogens with one attached hydrogen (secondary N) is 1. The number of pyridine rings is 1. The third-order valence-corrected chi connectivity index (χ3v) is 6.09.